The van der Waals surface area contributed by atoms with Gasteiger partial charge in [-0.25, -0.2) is 5.01 Å². The fourth-order valence-corrected chi connectivity index (χ4v) is 5.01. The van der Waals surface area contributed by atoms with E-state index in [-0.39, 0.29) is 30.3 Å². The second-order valence-corrected chi connectivity index (χ2v) is 9.29. The van der Waals surface area contributed by atoms with Gasteiger partial charge in [-0.15, -0.1) is 0 Å². The Kier molecular flexibility index (Phi) is 6.51. The lowest BCUT2D eigenvalue weighted by Gasteiger charge is -2.31. The Morgan fingerprint density at radius 2 is 1.71 bits per heavy atom. The number of rotatable bonds is 6. The highest BCUT2D eigenvalue weighted by Crippen LogP contribution is 2.34. The Hall–Kier alpha value is -3.71. The summed E-state index contributed by atoms with van der Waals surface area (Å²) in [6, 6.07) is 22.2. The number of carbonyl (C=O) groups excluding carboxylic acids is 2. The van der Waals surface area contributed by atoms with Gasteiger partial charge >= 0.3 is 0 Å². The molecule has 2 heterocycles. The Morgan fingerprint density at radius 3 is 2.40 bits per heavy atom. The molecule has 0 bridgehead atoms. The van der Waals surface area contributed by atoms with Crippen LogP contribution in [0.2, 0.25) is 0 Å². The highest BCUT2D eigenvalue weighted by Gasteiger charge is 2.34. The van der Waals surface area contributed by atoms with Crippen molar-refractivity contribution in [2.75, 3.05) is 26.7 Å². The Labute approximate surface area is 205 Å². The lowest BCUT2D eigenvalue weighted by atomic mass is 9.96. The van der Waals surface area contributed by atoms with Crippen LogP contribution in [0.4, 0.5) is 0 Å². The molecule has 3 aromatic rings. The third-order valence-corrected chi connectivity index (χ3v) is 7.10. The number of nitrogens with zero attached hydrogens (tertiary/aromatic N) is 3. The summed E-state index contributed by atoms with van der Waals surface area (Å²) in [6.45, 7) is 1.63. The zero-order valence-corrected chi connectivity index (χ0v) is 19.9. The molecule has 3 aromatic carbocycles. The van der Waals surface area contributed by atoms with Crippen LogP contribution < -0.4 is 10.5 Å². The number of fused-ring (bicyclic) bond motifs is 1. The van der Waals surface area contributed by atoms with E-state index in [4.69, 9.17) is 15.6 Å². The van der Waals surface area contributed by atoms with Crippen LogP contribution in [0.15, 0.2) is 71.8 Å². The van der Waals surface area contributed by atoms with Crippen molar-refractivity contribution in [2.24, 2.45) is 16.8 Å². The molecule has 0 radical (unpaired) electrons. The van der Waals surface area contributed by atoms with Gasteiger partial charge in [-0.1, -0.05) is 48.5 Å². The van der Waals surface area contributed by atoms with Crippen molar-refractivity contribution >= 4 is 28.3 Å². The maximum absolute atomic E-state index is 13.5. The summed E-state index contributed by atoms with van der Waals surface area (Å²) in [7, 11) is 1.64. The monoisotopic (exact) mass is 470 g/mol. The summed E-state index contributed by atoms with van der Waals surface area (Å²) in [4.78, 5) is 27.1. The average molecular weight is 471 g/mol. The van der Waals surface area contributed by atoms with Gasteiger partial charge in [-0.2, -0.15) is 5.10 Å². The van der Waals surface area contributed by atoms with Crippen molar-refractivity contribution in [3.8, 4) is 5.75 Å². The summed E-state index contributed by atoms with van der Waals surface area (Å²) in [5, 5.41) is 8.81. The van der Waals surface area contributed by atoms with Crippen molar-refractivity contribution < 1.29 is 14.3 Å². The van der Waals surface area contributed by atoms with Crippen molar-refractivity contribution in [2.45, 2.75) is 25.3 Å². The number of carbonyl (C=O) groups is 2. The molecule has 1 fully saturated rings. The maximum Gasteiger partial charge on any atom is 0.257 e. The van der Waals surface area contributed by atoms with Crippen LogP contribution in [0, 0.1) is 5.92 Å². The summed E-state index contributed by atoms with van der Waals surface area (Å²) >= 11 is 0. The molecule has 7 heteroatoms. The maximum atomic E-state index is 13.5. The third kappa shape index (κ3) is 4.91. The standard InChI is InChI=1S/C28H30N4O3/c1-35-24-10-8-20(9-11-24)26-17-25(23-7-6-19-4-2-3-5-22(19)16-23)30-32(26)27(33)18-31-14-12-21(13-15-31)28(29)34/h2-11,16,21,26H,12-15,17-18H2,1H3,(H2,29,34)/t26-/m0/s1. The van der Waals surface area contributed by atoms with Crippen LogP contribution in [0.1, 0.15) is 36.4 Å². The first kappa shape index (κ1) is 23.1. The number of methoxy groups -OCH3 is 1. The topological polar surface area (TPSA) is 88.2 Å². The summed E-state index contributed by atoms with van der Waals surface area (Å²) < 4.78 is 5.31. The van der Waals surface area contributed by atoms with Crippen molar-refractivity contribution in [3.05, 3.63) is 77.9 Å². The minimum absolute atomic E-state index is 0.0425. The summed E-state index contributed by atoms with van der Waals surface area (Å²) in [5.74, 6) is 0.383. The van der Waals surface area contributed by atoms with Crippen LogP contribution in [-0.4, -0.2) is 54.2 Å². The molecule has 0 spiro atoms. The Balaban J connectivity index is 1.40. The SMILES string of the molecule is COc1ccc([C@@H]2CC(c3ccc4ccccc4c3)=NN2C(=O)CN2CCC(C(N)=O)CC2)cc1. The molecular formula is C28H30N4O3. The number of likely N-dealkylation sites (tertiary alicyclic amines) is 1. The molecule has 180 valence electrons. The molecule has 0 aliphatic carbocycles. The second kappa shape index (κ2) is 9.88. The van der Waals surface area contributed by atoms with Crippen LogP contribution in [0.5, 0.6) is 5.75 Å². The van der Waals surface area contributed by atoms with Crippen LogP contribution in [0.25, 0.3) is 10.8 Å². The average Bonchev–Trinajstić information content (AvgIpc) is 3.34. The molecule has 2 N–H and O–H groups in total. The van der Waals surface area contributed by atoms with Gasteiger partial charge < -0.3 is 10.5 Å². The molecule has 5 rings (SSSR count). The molecule has 1 atom stereocenters. The van der Waals surface area contributed by atoms with Gasteiger partial charge in [0.25, 0.3) is 5.91 Å². The van der Waals surface area contributed by atoms with E-state index in [1.54, 1.807) is 12.1 Å². The highest BCUT2D eigenvalue weighted by atomic mass is 16.5. The number of piperidine rings is 1. The number of ether oxygens (including phenoxy) is 1. The molecule has 0 unspecified atom stereocenters. The van der Waals surface area contributed by atoms with Crippen LogP contribution in [-0.2, 0) is 9.59 Å². The number of nitrogens with two attached hydrogens (primary N) is 1. The van der Waals surface area contributed by atoms with Crippen molar-refractivity contribution in [3.63, 3.8) is 0 Å². The minimum Gasteiger partial charge on any atom is -0.497 e. The smallest absolute Gasteiger partial charge is 0.257 e. The van der Waals surface area contributed by atoms with E-state index in [2.05, 4.69) is 35.2 Å². The number of benzene rings is 3. The normalized spacial score (nSPS) is 19.1. The predicted octanol–water partition coefficient (Wildman–Crippen LogP) is 3.72. The lowest BCUT2D eigenvalue weighted by molar-refractivity contribution is -0.134. The predicted molar refractivity (Wildman–Crippen MR) is 136 cm³/mol. The van der Waals surface area contributed by atoms with Gasteiger partial charge in [0, 0.05) is 12.3 Å². The van der Waals surface area contributed by atoms with E-state index < -0.39 is 0 Å². The van der Waals surface area contributed by atoms with Crippen LogP contribution in [0.3, 0.4) is 0 Å². The van der Waals surface area contributed by atoms with Crippen LogP contribution >= 0.6 is 0 Å². The minimum atomic E-state index is -0.250. The molecule has 2 aliphatic heterocycles. The molecule has 2 aliphatic rings. The number of hydrogen-bond acceptors (Lipinski definition) is 5. The first-order chi connectivity index (χ1) is 17.0. The van der Waals surface area contributed by atoms with Crippen molar-refractivity contribution in [1.29, 1.82) is 0 Å². The summed E-state index contributed by atoms with van der Waals surface area (Å²) in [5.41, 5.74) is 8.41. The first-order valence-electron chi connectivity index (χ1n) is 12.1. The molecule has 35 heavy (non-hydrogen) atoms. The van der Waals surface area contributed by atoms with E-state index in [0.717, 1.165) is 28.0 Å². The molecule has 1 saturated heterocycles. The number of hydrogen-bond donors (Lipinski definition) is 1. The van der Waals surface area contributed by atoms with Gasteiger partial charge in [0.15, 0.2) is 0 Å². The Morgan fingerprint density at radius 1 is 1.00 bits per heavy atom. The fourth-order valence-electron chi connectivity index (χ4n) is 5.01. The third-order valence-electron chi connectivity index (χ3n) is 7.10. The van der Waals surface area contributed by atoms with E-state index in [1.807, 2.05) is 36.4 Å². The fraction of sp³-hybridized carbons (Fsp3) is 0.321. The van der Waals surface area contributed by atoms with Gasteiger partial charge in [0.2, 0.25) is 5.91 Å². The van der Waals surface area contributed by atoms with Gasteiger partial charge in [-0.05, 0) is 66.0 Å². The quantitative estimate of drug-likeness (QED) is 0.595. The van der Waals surface area contributed by atoms with E-state index >= 15 is 0 Å². The molecule has 7 nitrogen and oxygen atoms in total. The largest absolute Gasteiger partial charge is 0.497 e. The molecule has 0 saturated carbocycles. The van der Waals surface area contributed by atoms with Gasteiger partial charge in [0.05, 0.1) is 25.4 Å². The number of primary amides is 1. The number of amides is 2. The number of hydrazone groups is 1. The van der Waals surface area contributed by atoms with E-state index in [9.17, 15) is 9.59 Å². The van der Waals surface area contributed by atoms with Gasteiger partial charge in [-0.3, -0.25) is 14.5 Å². The Bertz CT molecular complexity index is 1260. The molecule has 2 amide bonds. The first-order valence-corrected chi connectivity index (χ1v) is 12.1. The van der Waals surface area contributed by atoms with E-state index in [1.165, 1.54) is 5.39 Å². The van der Waals surface area contributed by atoms with Gasteiger partial charge in [0.1, 0.15) is 5.75 Å². The molecule has 0 aromatic heterocycles. The second-order valence-electron chi connectivity index (χ2n) is 9.29. The molecular weight excluding hydrogens is 440 g/mol. The zero-order valence-electron chi connectivity index (χ0n) is 19.9. The van der Waals surface area contributed by atoms with Crippen molar-refractivity contribution in [1.82, 2.24) is 9.91 Å². The van der Waals surface area contributed by atoms with E-state index in [0.29, 0.717) is 32.4 Å². The lowest BCUT2D eigenvalue weighted by Crippen LogP contribution is -2.43. The summed E-state index contributed by atoms with van der Waals surface area (Å²) in [6.07, 6.45) is 2.02. The zero-order chi connectivity index (χ0) is 24.4. The highest BCUT2D eigenvalue weighted by molar-refractivity contribution is 6.05.